The fourth-order valence-corrected chi connectivity index (χ4v) is 4.68. The van der Waals surface area contributed by atoms with Crippen LogP contribution in [0.3, 0.4) is 0 Å². The number of hydrogen-bond acceptors (Lipinski definition) is 4. The van der Waals surface area contributed by atoms with E-state index in [-0.39, 0.29) is 5.91 Å². The van der Waals surface area contributed by atoms with Gasteiger partial charge in [-0.3, -0.25) is 9.78 Å². The van der Waals surface area contributed by atoms with Crippen LogP contribution < -0.4 is 5.32 Å². The van der Waals surface area contributed by atoms with Crippen molar-refractivity contribution in [1.82, 2.24) is 15.2 Å². The highest BCUT2D eigenvalue weighted by Crippen LogP contribution is 2.29. The number of hydrogen-bond donors (Lipinski definition) is 1. The summed E-state index contributed by atoms with van der Waals surface area (Å²) < 4.78 is 0. The zero-order valence-corrected chi connectivity index (χ0v) is 15.3. The van der Waals surface area contributed by atoms with E-state index in [0.717, 1.165) is 27.6 Å². The number of aromatic nitrogens is 1. The number of carbonyl (C=O) groups is 1. The van der Waals surface area contributed by atoms with Crippen LogP contribution >= 0.6 is 11.8 Å². The Labute approximate surface area is 153 Å². The van der Waals surface area contributed by atoms with Crippen molar-refractivity contribution in [1.29, 1.82) is 0 Å². The highest BCUT2D eigenvalue weighted by atomic mass is 32.2. The Bertz CT molecular complexity index is 754. The molecule has 0 radical (unpaired) electrons. The molecule has 3 aliphatic rings. The quantitative estimate of drug-likeness (QED) is 0.915. The maximum atomic E-state index is 12.6. The van der Waals surface area contributed by atoms with Gasteiger partial charge in [-0.2, -0.15) is 0 Å². The number of rotatable bonds is 4. The van der Waals surface area contributed by atoms with Crippen molar-refractivity contribution in [3.8, 4) is 0 Å². The number of nitrogens with one attached hydrogen (secondary N) is 1. The lowest BCUT2D eigenvalue weighted by Crippen LogP contribution is -2.57. The molecule has 1 amide bonds. The molecule has 3 aliphatic heterocycles. The average Bonchev–Trinajstić information content (AvgIpc) is 2.63. The van der Waals surface area contributed by atoms with Crippen molar-refractivity contribution >= 4 is 17.7 Å². The van der Waals surface area contributed by atoms with Crippen molar-refractivity contribution in [3.05, 3.63) is 53.9 Å². The van der Waals surface area contributed by atoms with Crippen LogP contribution in [0.1, 0.15) is 28.9 Å². The molecule has 1 unspecified atom stereocenters. The Hall–Kier alpha value is -1.85. The van der Waals surface area contributed by atoms with E-state index in [4.69, 9.17) is 0 Å². The van der Waals surface area contributed by atoms with Crippen molar-refractivity contribution in [2.45, 2.75) is 35.6 Å². The van der Waals surface area contributed by atoms with Gasteiger partial charge in [0, 0.05) is 39.8 Å². The van der Waals surface area contributed by atoms with Crippen LogP contribution in [0.15, 0.2) is 52.4 Å². The molecule has 0 aliphatic carbocycles. The highest BCUT2D eigenvalue weighted by molar-refractivity contribution is 7.99. The number of aryl methyl sites for hydroxylation is 1. The van der Waals surface area contributed by atoms with Gasteiger partial charge in [-0.1, -0.05) is 11.8 Å². The van der Waals surface area contributed by atoms with Crippen molar-refractivity contribution in [2.75, 3.05) is 19.6 Å². The summed E-state index contributed by atoms with van der Waals surface area (Å²) in [6.45, 7) is 5.38. The second-order valence-electron chi connectivity index (χ2n) is 6.98. The average molecular weight is 353 g/mol. The van der Waals surface area contributed by atoms with Gasteiger partial charge >= 0.3 is 0 Å². The lowest BCUT2D eigenvalue weighted by Gasteiger charge is -2.44. The third-order valence-corrected chi connectivity index (χ3v) is 6.19. The van der Waals surface area contributed by atoms with Gasteiger partial charge < -0.3 is 10.2 Å². The number of fused-ring (bicyclic) bond motifs is 3. The molecule has 3 saturated heterocycles. The van der Waals surface area contributed by atoms with Crippen LogP contribution in [0.25, 0.3) is 0 Å². The number of pyridine rings is 1. The minimum absolute atomic E-state index is 0.0510. The van der Waals surface area contributed by atoms with Gasteiger partial charge in [0.2, 0.25) is 0 Å². The summed E-state index contributed by atoms with van der Waals surface area (Å²) in [6.07, 6.45) is 4.26. The molecule has 3 fully saturated rings. The van der Waals surface area contributed by atoms with Crippen LogP contribution in [0.4, 0.5) is 0 Å². The smallest absolute Gasteiger partial charge is 0.251 e. The van der Waals surface area contributed by atoms with Gasteiger partial charge in [0.15, 0.2) is 0 Å². The lowest BCUT2D eigenvalue weighted by atomic mass is 9.84. The van der Waals surface area contributed by atoms with Gasteiger partial charge in [0.25, 0.3) is 5.91 Å². The predicted molar refractivity (Wildman–Crippen MR) is 100.0 cm³/mol. The SMILES string of the molecule is Cc1cc(Sc2ccc(C(=O)NC3CN4CCC3CC4)cc2)ccn1. The molecule has 1 N–H and O–H groups in total. The Kier molecular flexibility index (Phi) is 4.77. The van der Waals surface area contributed by atoms with Gasteiger partial charge in [-0.05, 0) is 75.2 Å². The summed E-state index contributed by atoms with van der Waals surface area (Å²) in [5.41, 5.74) is 1.75. The predicted octanol–water partition coefficient (Wildman–Crippen LogP) is 3.37. The Balaban J connectivity index is 1.39. The Morgan fingerprint density at radius 2 is 1.92 bits per heavy atom. The highest BCUT2D eigenvalue weighted by Gasteiger charge is 2.34. The first-order valence-electron chi connectivity index (χ1n) is 8.91. The molecule has 2 bridgehead atoms. The van der Waals surface area contributed by atoms with Crippen molar-refractivity contribution in [2.24, 2.45) is 5.92 Å². The number of amides is 1. The second kappa shape index (κ2) is 7.18. The molecule has 5 rings (SSSR count). The summed E-state index contributed by atoms with van der Waals surface area (Å²) >= 11 is 1.69. The topological polar surface area (TPSA) is 45.2 Å². The molecule has 0 spiro atoms. The number of piperidine rings is 3. The van der Waals surface area contributed by atoms with E-state index in [1.54, 1.807) is 11.8 Å². The molecule has 25 heavy (non-hydrogen) atoms. The normalized spacial score (nSPS) is 24.9. The Morgan fingerprint density at radius 3 is 2.56 bits per heavy atom. The van der Waals surface area contributed by atoms with Gasteiger partial charge in [-0.25, -0.2) is 0 Å². The first-order chi connectivity index (χ1) is 12.2. The summed E-state index contributed by atoms with van der Waals surface area (Å²) in [6, 6.07) is 12.3. The van der Waals surface area contributed by atoms with E-state index in [1.807, 2.05) is 43.5 Å². The summed E-state index contributed by atoms with van der Waals surface area (Å²) in [5, 5.41) is 3.25. The molecule has 1 aromatic heterocycles. The van der Waals surface area contributed by atoms with E-state index < -0.39 is 0 Å². The largest absolute Gasteiger partial charge is 0.348 e. The summed E-state index contributed by atoms with van der Waals surface area (Å²) in [7, 11) is 0. The number of nitrogens with zero attached hydrogens (tertiary/aromatic N) is 2. The van der Waals surface area contributed by atoms with Crippen molar-refractivity contribution in [3.63, 3.8) is 0 Å². The van der Waals surface area contributed by atoms with Gasteiger partial charge in [0.1, 0.15) is 0 Å². The molecular formula is C20H23N3OS. The maximum absolute atomic E-state index is 12.6. The zero-order valence-electron chi connectivity index (χ0n) is 14.4. The molecule has 130 valence electrons. The minimum Gasteiger partial charge on any atom is -0.348 e. The zero-order chi connectivity index (χ0) is 17.2. The molecule has 1 aromatic carbocycles. The maximum Gasteiger partial charge on any atom is 0.251 e. The first-order valence-corrected chi connectivity index (χ1v) is 9.73. The van der Waals surface area contributed by atoms with Crippen LogP contribution in [-0.2, 0) is 0 Å². The summed E-state index contributed by atoms with van der Waals surface area (Å²) in [4.78, 5) is 21.5. The number of carbonyl (C=O) groups excluding carboxylic acids is 1. The van der Waals surface area contributed by atoms with Crippen molar-refractivity contribution < 1.29 is 4.79 Å². The van der Waals surface area contributed by atoms with Crippen LogP contribution in [-0.4, -0.2) is 41.5 Å². The standard InChI is InChI=1S/C20H23N3OS/c1-14-12-18(6-9-21-14)25-17-4-2-16(3-5-17)20(24)22-19-13-23-10-7-15(19)8-11-23/h2-6,9,12,15,19H,7-8,10-11,13H2,1H3,(H,22,24). The minimum atomic E-state index is 0.0510. The molecular weight excluding hydrogens is 330 g/mol. The third kappa shape index (κ3) is 3.88. The first kappa shape index (κ1) is 16.6. The van der Waals surface area contributed by atoms with Crippen LogP contribution in [0, 0.1) is 12.8 Å². The van der Waals surface area contributed by atoms with Gasteiger partial charge in [-0.15, -0.1) is 0 Å². The lowest BCUT2D eigenvalue weighted by molar-refractivity contribution is 0.0620. The van der Waals surface area contributed by atoms with E-state index in [2.05, 4.69) is 21.3 Å². The van der Waals surface area contributed by atoms with Crippen LogP contribution in [0.2, 0.25) is 0 Å². The number of benzene rings is 1. The third-order valence-electron chi connectivity index (χ3n) is 5.19. The molecule has 2 aromatic rings. The molecule has 0 saturated carbocycles. The van der Waals surface area contributed by atoms with E-state index in [1.165, 1.54) is 25.9 Å². The van der Waals surface area contributed by atoms with E-state index in [9.17, 15) is 4.79 Å². The fourth-order valence-electron chi connectivity index (χ4n) is 3.77. The second-order valence-corrected chi connectivity index (χ2v) is 8.12. The summed E-state index contributed by atoms with van der Waals surface area (Å²) in [5.74, 6) is 0.703. The molecule has 5 heteroatoms. The molecule has 4 heterocycles. The fraction of sp³-hybridized carbons (Fsp3) is 0.400. The molecule has 1 atom stereocenters. The Morgan fingerprint density at radius 1 is 1.16 bits per heavy atom. The van der Waals surface area contributed by atoms with E-state index in [0.29, 0.717) is 12.0 Å². The monoisotopic (exact) mass is 353 g/mol. The van der Waals surface area contributed by atoms with E-state index >= 15 is 0 Å². The van der Waals surface area contributed by atoms with Gasteiger partial charge in [0.05, 0.1) is 0 Å². The van der Waals surface area contributed by atoms with Crippen LogP contribution in [0.5, 0.6) is 0 Å². The molecule has 4 nitrogen and oxygen atoms in total.